The van der Waals surface area contributed by atoms with Crippen LogP contribution < -0.4 is 10.6 Å². The summed E-state index contributed by atoms with van der Waals surface area (Å²) in [5, 5.41) is 13.9. The van der Waals surface area contributed by atoms with E-state index in [9.17, 15) is 14.4 Å². The first-order valence-electron chi connectivity index (χ1n) is 10.6. The van der Waals surface area contributed by atoms with E-state index in [1.165, 1.54) is 6.33 Å². The van der Waals surface area contributed by atoms with Crippen molar-refractivity contribution in [1.29, 1.82) is 0 Å². The summed E-state index contributed by atoms with van der Waals surface area (Å²) in [7, 11) is 0. The molecule has 0 aliphatic heterocycles. The highest BCUT2D eigenvalue weighted by molar-refractivity contribution is 5.86. The average molecular weight is 448 g/mol. The smallest absolute Gasteiger partial charge is 0.407 e. The first-order chi connectivity index (χ1) is 16.0. The quantitative estimate of drug-likeness (QED) is 0.397. The Labute approximate surface area is 190 Å². The molecule has 0 saturated carbocycles. The zero-order chi connectivity index (χ0) is 23.2. The largest absolute Gasteiger partial charge is 0.481 e. The van der Waals surface area contributed by atoms with E-state index in [4.69, 9.17) is 9.84 Å². The van der Waals surface area contributed by atoms with Crippen LogP contribution in [0, 0.1) is 0 Å². The molecule has 3 aromatic rings. The third-order valence-electron chi connectivity index (χ3n) is 5.57. The molecule has 2 aromatic carbocycles. The molecule has 1 aromatic heterocycles. The zero-order valence-electron chi connectivity index (χ0n) is 17.8. The van der Waals surface area contributed by atoms with Crippen molar-refractivity contribution in [3.63, 3.8) is 0 Å². The maximum absolute atomic E-state index is 12.6. The van der Waals surface area contributed by atoms with Gasteiger partial charge >= 0.3 is 12.1 Å². The van der Waals surface area contributed by atoms with Crippen LogP contribution in [0.4, 0.5) is 4.79 Å². The second-order valence-electron chi connectivity index (χ2n) is 7.74. The highest BCUT2D eigenvalue weighted by Crippen LogP contribution is 2.44. The maximum atomic E-state index is 12.6. The van der Waals surface area contributed by atoms with Gasteiger partial charge in [0.2, 0.25) is 5.91 Å². The number of aliphatic carboxylic acids is 1. The number of carbonyl (C=O) groups excluding carboxylic acids is 2. The average Bonchev–Trinajstić information content (AvgIpc) is 3.43. The number of benzene rings is 2. The van der Waals surface area contributed by atoms with Crippen molar-refractivity contribution < 1.29 is 24.2 Å². The Kier molecular flexibility index (Phi) is 6.68. The highest BCUT2D eigenvalue weighted by atomic mass is 16.5. The lowest BCUT2D eigenvalue weighted by Gasteiger charge is -2.19. The number of ether oxygens (including phenoxy) is 1. The molecule has 0 fully saturated rings. The normalized spacial score (nSPS) is 13.0. The highest BCUT2D eigenvalue weighted by Gasteiger charge is 2.30. The van der Waals surface area contributed by atoms with Crippen molar-refractivity contribution in [3.8, 4) is 11.1 Å². The molecule has 2 amide bonds. The van der Waals surface area contributed by atoms with Gasteiger partial charge in [-0.25, -0.2) is 9.78 Å². The van der Waals surface area contributed by atoms with Crippen molar-refractivity contribution in [2.75, 3.05) is 13.2 Å². The minimum atomic E-state index is -1.02. The molecule has 0 spiro atoms. The summed E-state index contributed by atoms with van der Waals surface area (Å²) in [6, 6.07) is 15.1. The van der Waals surface area contributed by atoms with Gasteiger partial charge in [0.1, 0.15) is 12.6 Å². The molecule has 1 atom stereocenters. The predicted molar refractivity (Wildman–Crippen MR) is 120 cm³/mol. The fourth-order valence-corrected chi connectivity index (χ4v) is 4.02. The van der Waals surface area contributed by atoms with Crippen molar-refractivity contribution in [3.05, 3.63) is 77.9 Å². The van der Waals surface area contributed by atoms with E-state index < -0.39 is 24.0 Å². The van der Waals surface area contributed by atoms with E-state index in [-0.39, 0.29) is 31.9 Å². The number of rotatable bonds is 9. The van der Waals surface area contributed by atoms with Crippen LogP contribution in [0.25, 0.3) is 11.1 Å². The summed E-state index contributed by atoms with van der Waals surface area (Å²) >= 11 is 0. The molecule has 1 heterocycles. The van der Waals surface area contributed by atoms with E-state index in [0.29, 0.717) is 5.69 Å². The summed E-state index contributed by atoms with van der Waals surface area (Å²) in [4.78, 5) is 42.7. The van der Waals surface area contributed by atoms with Crippen molar-refractivity contribution in [1.82, 2.24) is 20.6 Å². The molecular weight excluding hydrogens is 424 g/mol. The summed E-state index contributed by atoms with van der Waals surface area (Å²) in [5.74, 6) is -1.62. The third kappa shape index (κ3) is 5.20. The second-order valence-corrected chi connectivity index (χ2v) is 7.74. The molecule has 1 unspecified atom stereocenters. The third-order valence-corrected chi connectivity index (χ3v) is 5.57. The van der Waals surface area contributed by atoms with Crippen molar-refractivity contribution in [2.45, 2.75) is 24.8 Å². The number of hydrogen-bond donors (Lipinski definition) is 4. The van der Waals surface area contributed by atoms with Gasteiger partial charge in [0, 0.05) is 30.8 Å². The monoisotopic (exact) mass is 448 g/mol. The summed E-state index contributed by atoms with van der Waals surface area (Å²) < 4.78 is 5.53. The Hall–Kier alpha value is -4.14. The van der Waals surface area contributed by atoms with Gasteiger partial charge < -0.3 is 25.5 Å². The Morgan fingerprint density at radius 1 is 1.06 bits per heavy atom. The molecule has 0 bridgehead atoms. The Morgan fingerprint density at radius 3 is 2.33 bits per heavy atom. The molecule has 9 nitrogen and oxygen atoms in total. The minimum absolute atomic E-state index is 0.0417. The van der Waals surface area contributed by atoms with E-state index >= 15 is 0 Å². The molecule has 1 aliphatic rings. The number of carboxylic acids is 1. The van der Waals surface area contributed by atoms with Gasteiger partial charge in [-0.2, -0.15) is 0 Å². The molecule has 1 aliphatic carbocycles. The molecule has 0 saturated heterocycles. The van der Waals surface area contributed by atoms with Crippen molar-refractivity contribution >= 4 is 18.0 Å². The molecule has 4 N–H and O–H groups in total. The van der Waals surface area contributed by atoms with Crippen LogP contribution in [0.3, 0.4) is 0 Å². The Balaban J connectivity index is 1.41. The van der Waals surface area contributed by atoms with Crippen LogP contribution in [0.1, 0.15) is 29.2 Å². The van der Waals surface area contributed by atoms with E-state index in [0.717, 1.165) is 22.3 Å². The number of fused-ring (bicyclic) bond motifs is 3. The molecule has 4 rings (SSSR count). The number of carboxylic acid groups (broad SMARTS) is 1. The maximum Gasteiger partial charge on any atom is 0.407 e. The summed E-state index contributed by atoms with van der Waals surface area (Å²) in [5.41, 5.74) is 5.07. The molecule has 33 heavy (non-hydrogen) atoms. The molecule has 9 heteroatoms. The molecular formula is C24H24N4O5. The zero-order valence-corrected chi connectivity index (χ0v) is 17.8. The number of aromatic nitrogens is 2. The Bertz CT molecular complexity index is 1100. The van der Waals surface area contributed by atoms with Crippen LogP contribution in [-0.4, -0.2) is 52.2 Å². The minimum Gasteiger partial charge on any atom is -0.481 e. The fraction of sp³-hybridized carbons (Fsp3) is 0.250. The lowest BCUT2D eigenvalue weighted by Crippen LogP contribution is -2.48. The number of alkyl carbamates (subject to hydrolysis) is 1. The van der Waals surface area contributed by atoms with Crippen molar-refractivity contribution in [2.24, 2.45) is 0 Å². The number of H-pyrrole nitrogens is 1. The number of amides is 2. The topological polar surface area (TPSA) is 133 Å². The van der Waals surface area contributed by atoms with Gasteiger partial charge in [-0.15, -0.1) is 0 Å². The summed E-state index contributed by atoms with van der Waals surface area (Å²) in [6.07, 6.45) is 2.24. The number of aromatic amines is 1. The fourth-order valence-electron chi connectivity index (χ4n) is 4.02. The second kappa shape index (κ2) is 9.99. The lowest BCUT2D eigenvalue weighted by molar-refractivity contribution is -0.137. The van der Waals surface area contributed by atoms with Gasteiger partial charge in [0.05, 0.1) is 12.7 Å². The summed E-state index contributed by atoms with van der Waals surface area (Å²) in [6.45, 7) is 0.0806. The van der Waals surface area contributed by atoms with Gasteiger partial charge in [-0.3, -0.25) is 9.59 Å². The Morgan fingerprint density at radius 2 is 1.73 bits per heavy atom. The van der Waals surface area contributed by atoms with Crippen LogP contribution >= 0.6 is 0 Å². The van der Waals surface area contributed by atoms with E-state index in [1.807, 2.05) is 36.4 Å². The number of nitrogens with zero attached hydrogens (tertiary/aromatic N) is 1. The van der Waals surface area contributed by atoms with Gasteiger partial charge in [-0.1, -0.05) is 48.5 Å². The van der Waals surface area contributed by atoms with Gasteiger partial charge in [-0.05, 0) is 22.3 Å². The van der Waals surface area contributed by atoms with E-state index in [1.54, 1.807) is 6.20 Å². The molecule has 170 valence electrons. The van der Waals surface area contributed by atoms with Gasteiger partial charge in [0.15, 0.2) is 0 Å². The number of nitrogens with one attached hydrogen (secondary N) is 3. The number of carbonyl (C=O) groups is 3. The first-order valence-corrected chi connectivity index (χ1v) is 10.6. The SMILES string of the molecule is O=C(O)CCNC(=O)C(Cc1cnc[nH]1)NC(=O)OCC1c2ccccc2-c2ccccc21. The standard InChI is InChI=1S/C24H24N4O5/c29-22(30)9-10-26-23(31)21(11-15-12-25-14-27-15)28-24(32)33-13-20-18-7-3-1-5-16(18)17-6-2-4-8-19(17)20/h1-8,12,14,20-21H,9-11,13H2,(H,25,27)(H,26,31)(H,28,32)(H,29,30). The van der Waals surface area contributed by atoms with Crippen LogP contribution in [0.5, 0.6) is 0 Å². The predicted octanol–water partition coefficient (Wildman–Crippen LogP) is 2.45. The van der Waals surface area contributed by atoms with Gasteiger partial charge in [0.25, 0.3) is 0 Å². The van der Waals surface area contributed by atoms with Crippen LogP contribution in [-0.2, 0) is 20.7 Å². The number of hydrogen-bond acceptors (Lipinski definition) is 5. The van der Waals surface area contributed by atoms with Crippen LogP contribution in [0.15, 0.2) is 61.1 Å². The van der Waals surface area contributed by atoms with E-state index in [2.05, 4.69) is 32.7 Å². The van der Waals surface area contributed by atoms with Crippen LogP contribution in [0.2, 0.25) is 0 Å². The number of imidazole rings is 1. The first kappa shape index (κ1) is 22.1. The molecule has 0 radical (unpaired) electrons. The lowest BCUT2D eigenvalue weighted by atomic mass is 9.98.